The van der Waals surface area contributed by atoms with Crippen molar-refractivity contribution in [1.82, 2.24) is 9.21 Å². The lowest BCUT2D eigenvalue weighted by atomic mass is 9.95. The van der Waals surface area contributed by atoms with Crippen LogP contribution in [0, 0.1) is 0 Å². The van der Waals surface area contributed by atoms with Crippen LogP contribution in [0.25, 0.3) is 0 Å². The molecule has 0 aromatic heterocycles. The van der Waals surface area contributed by atoms with E-state index in [1.807, 2.05) is 0 Å². The first-order valence-corrected chi connectivity index (χ1v) is 11.5. The molecule has 1 saturated carbocycles. The van der Waals surface area contributed by atoms with E-state index in [4.69, 9.17) is 14.2 Å². The van der Waals surface area contributed by atoms with Gasteiger partial charge in [-0.25, -0.2) is 8.42 Å². The second-order valence-electron chi connectivity index (χ2n) is 7.35. The van der Waals surface area contributed by atoms with Crippen molar-refractivity contribution < 1.29 is 27.4 Å². The summed E-state index contributed by atoms with van der Waals surface area (Å²) in [5.41, 5.74) is 0. The maximum absolute atomic E-state index is 13.6. The molecule has 1 aromatic rings. The van der Waals surface area contributed by atoms with E-state index in [-0.39, 0.29) is 23.4 Å². The fourth-order valence-electron chi connectivity index (χ4n) is 3.94. The first-order valence-electron chi connectivity index (χ1n) is 10.1. The number of ether oxygens (including phenoxy) is 3. The zero-order valence-corrected chi connectivity index (χ0v) is 17.9. The van der Waals surface area contributed by atoms with Gasteiger partial charge in [0.15, 0.2) is 11.5 Å². The largest absolute Gasteiger partial charge is 0.493 e. The number of benzene rings is 1. The molecule has 0 N–H and O–H groups in total. The summed E-state index contributed by atoms with van der Waals surface area (Å²) >= 11 is 0. The van der Waals surface area contributed by atoms with Crippen molar-refractivity contribution in [3.05, 3.63) is 18.2 Å². The van der Waals surface area contributed by atoms with Crippen LogP contribution >= 0.6 is 0 Å². The molecule has 1 amide bonds. The van der Waals surface area contributed by atoms with E-state index >= 15 is 0 Å². The summed E-state index contributed by atoms with van der Waals surface area (Å²) in [6.45, 7) is 1.80. The predicted molar refractivity (Wildman–Crippen MR) is 108 cm³/mol. The Morgan fingerprint density at radius 2 is 1.76 bits per heavy atom. The summed E-state index contributed by atoms with van der Waals surface area (Å²) in [6, 6.07) is 4.37. The number of hydrogen-bond acceptors (Lipinski definition) is 6. The van der Waals surface area contributed by atoms with Crippen LogP contribution in [0.5, 0.6) is 11.5 Å². The Morgan fingerprint density at radius 1 is 1.10 bits per heavy atom. The maximum Gasteiger partial charge on any atom is 0.243 e. The van der Waals surface area contributed by atoms with Gasteiger partial charge in [0.25, 0.3) is 0 Å². The topological polar surface area (TPSA) is 85.4 Å². The molecule has 0 radical (unpaired) electrons. The standard InChI is InChI=1S/C20H30N2O6S/c1-26-18-9-8-17(14-19(18)27-2)29(24,25)22(16-6-4-3-5-7-16)15-20(23)21-10-12-28-13-11-21/h8-9,14,16H,3-7,10-13,15H2,1-2H3. The number of hydrogen-bond donors (Lipinski definition) is 0. The summed E-state index contributed by atoms with van der Waals surface area (Å²) < 4.78 is 44.3. The van der Waals surface area contributed by atoms with Crippen molar-refractivity contribution in [2.45, 2.75) is 43.0 Å². The number of carbonyl (C=O) groups is 1. The second kappa shape index (κ2) is 9.77. The first kappa shape index (κ1) is 21.9. The monoisotopic (exact) mass is 426 g/mol. The average Bonchev–Trinajstić information content (AvgIpc) is 2.77. The SMILES string of the molecule is COc1ccc(S(=O)(=O)N(CC(=O)N2CCOCC2)C2CCCCC2)cc1OC. The lowest BCUT2D eigenvalue weighted by molar-refractivity contribution is -0.135. The van der Waals surface area contributed by atoms with Crippen molar-refractivity contribution in [3.63, 3.8) is 0 Å². The Bertz CT molecular complexity index is 801. The highest BCUT2D eigenvalue weighted by molar-refractivity contribution is 7.89. The number of nitrogens with zero attached hydrogens (tertiary/aromatic N) is 2. The molecule has 1 saturated heterocycles. The molecule has 2 aliphatic rings. The second-order valence-corrected chi connectivity index (χ2v) is 9.24. The van der Waals surface area contributed by atoms with Gasteiger partial charge in [-0.1, -0.05) is 19.3 Å². The van der Waals surface area contributed by atoms with Crippen molar-refractivity contribution >= 4 is 15.9 Å². The number of amides is 1. The smallest absolute Gasteiger partial charge is 0.243 e. The Morgan fingerprint density at radius 3 is 2.38 bits per heavy atom. The minimum Gasteiger partial charge on any atom is -0.493 e. The zero-order chi connectivity index (χ0) is 20.9. The fraction of sp³-hybridized carbons (Fsp3) is 0.650. The highest BCUT2D eigenvalue weighted by atomic mass is 32.2. The van der Waals surface area contributed by atoms with Crippen LogP contribution in [0.2, 0.25) is 0 Å². The van der Waals surface area contributed by atoms with Crippen LogP contribution in [0.3, 0.4) is 0 Å². The summed E-state index contributed by atoms with van der Waals surface area (Å²) in [6.07, 6.45) is 4.56. The third-order valence-electron chi connectivity index (χ3n) is 5.60. The van der Waals surface area contributed by atoms with Crippen LogP contribution in [-0.2, 0) is 19.6 Å². The molecule has 1 aliphatic heterocycles. The normalized spacial score (nSPS) is 18.7. The van der Waals surface area contributed by atoms with E-state index < -0.39 is 10.0 Å². The Kier molecular flexibility index (Phi) is 7.37. The summed E-state index contributed by atoms with van der Waals surface area (Å²) in [4.78, 5) is 14.7. The molecule has 1 heterocycles. The lowest BCUT2D eigenvalue weighted by Crippen LogP contribution is -2.50. The molecule has 0 spiro atoms. The molecule has 0 bridgehead atoms. The van der Waals surface area contributed by atoms with Crippen molar-refractivity contribution in [3.8, 4) is 11.5 Å². The van der Waals surface area contributed by atoms with E-state index in [2.05, 4.69) is 0 Å². The number of sulfonamides is 1. The van der Waals surface area contributed by atoms with Gasteiger partial charge in [-0.2, -0.15) is 4.31 Å². The van der Waals surface area contributed by atoms with Gasteiger partial charge in [-0.3, -0.25) is 4.79 Å². The zero-order valence-electron chi connectivity index (χ0n) is 17.1. The molecule has 29 heavy (non-hydrogen) atoms. The van der Waals surface area contributed by atoms with Crippen LogP contribution in [0.4, 0.5) is 0 Å². The summed E-state index contributed by atoms with van der Waals surface area (Å²) in [5, 5.41) is 0. The average molecular weight is 427 g/mol. The Balaban J connectivity index is 1.90. The van der Waals surface area contributed by atoms with Crippen molar-refractivity contribution in [1.29, 1.82) is 0 Å². The number of methoxy groups -OCH3 is 2. The third-order valence-corrected chi connectivity index (χ3v) is 7.49. The number of carbonyl (C=O) groups excluding carboxylic acids is 1. The van der Waals surface area contributed by atoms with Crippen molar-refractivity contribution in [2.24, 2.45) is 0 Å². The van der Waals surface area contributed by atoms with Gasteiger partial charge in [0.1, 0.15) is 0 Å². The Hall–Kier alpha value is -1.84. The van der Waals surface area contributed by atoms with Crippen molar-refractivity contribution in [2.75, 3.05) is 47.1 Å². The quantitative estimate of drug-likeness (QED) is 0.662. The molecule has 2 fully saturated rings. The van der Waals surface area contributed by atoms with E-state index in [9.17, 15) is 13.2 Å². The van der Waals surface area contributed by atoms with E-state index in [1.165, 1.54) is 30.7 Å². The highest BCUT2D eigenvalue weighted by Gasteiger charge is 2.35. The first-order chi connectivity index (χ1) is 14.0. The van der Waals surface area contributed by atoms with Crippen LogP contribution < -0.4 is 9.47 Å². The molecular formula is C20H30N2O6S. The molecule has 162 valence electrons. The van der Waals surface area contributed by atoms with Crippen LogP contribution in [-0.4, -0.2) is 76.6 Å². The van der Waals surface area contributed by atoms with Gasteiger partial charge >= 0.3 is 0 Å². The summed E-state index contributed by atoms with van der Waals surface area (Å²) in [5.74, 6) is 0.625. The van der Waals surface area contributed by atoms with Gasteiger partial charge in [-0.05, 0) is 25.0 Å². The molecule has 1 aliphatic carbocycles. The highest BCUT2D eigenvalue weighted by Crippen LogP contribution is 2.33. The number of rotatable bonds is 7. The molecule has 0 unspecified atom stereocenters. The molecule has 1 aromatic carbocycles. The van der Waals surface area contributed by atoms with E-state index in [0.717, 1.165) is 32.1 Å². The van der Waals surface area contributed by atoms with E-state index in [1.54, 1.807) is 11.0 Å². The number of morpholine rings is 1. The molecule has 0 atom stereocenters. The van der Waals surface area contributed by atoms with Gasteiger partial charge < -0.3 is 19.1 Å². The molecular weight excluding hydrogens is 396 g/mol. The third kappa shape index (κ3) is 5.02. The van der Waals surface area contributed by atoms with Crippen LogP contribution in [0.1, 0.15) is 32.1 Å². The molecule has 3 rings (SSSR count). The van der Waals surface area contributed by atoms with Crippen LogP contribution in [0.15, 0.2) is 23.1 Å². The van der Waals surface area contributed by atoms with Gasteiger partial charge in [0.2, 0.25) is 15.9 Å². The fourth-order valence-corrected chi connectivity index (χ4v) is 5.59. The molecule has 9 heteroatoms. The minimum absolute atomic E-state index is 0.107. The van der Waals surface area contributed by atoms with Gasteiger partial charge in [0, 0.05) is 25.2 Å². The van der Waals surface area contributed by atoms with E-state index in [0.29, 0.717) is 37.8 Å². The summed E-state index contributed by atoms with van der Waals surface area (Å²) in [7, 11) is -0.904. The van der Waals surface area contributed by atoms with Gasteiger partial charge in [0.05, 0.1) is 38.9 Å². The lowest BCUT2D eigenvalue weighted by Gasteiger charge is -2.35. The minimum atomic E-state index is -3.87. The maximum atomic E-state index is 13.6. The Labute approximate surface area is 172 Å². The predicted octanol–water partition coefficient (Wildman–Crippen LogP) is 1.89. The van der Waals surface area contributed by atoms with Gasteiger partial charge in [-0.15, -0.1) is 0 Å². The molecule has 8 nitrogen and oxygen atoms in total.